The first-order chi connectivity index (χ1) is 10.8. The molecule has 0 bridgehead atoms. The van der Waals surface area contributed by atoms with Gasteiger partial charge in [0.25, 0.3) is 0 Å². The van der Waals surface area contributed by atoms with E-state index in [1.165, 1.54) is 22.7 Å². The molecule has 2 aromatic rings. The number of likely N-dealkylation sites (tertiary alicyclic amines) is 1. The summed E-state index contributed by atoms with van der Waals surface area (Å²) in [6.45, 7) is 6.09. The number of hydrogen-bond donors (Lipinski definition) is 1. The molecular formula is C18H25N3S. The van der Waals surface area contributed by atoms with Crippen molar-refractivity contribution in [3.63, 3.8) is 0 Å². The molecule has 0 radical (unpaired) electrons. The number of aryl methyl sites for hydroxylation is 1. The van der Waals surface area contributed by atoms with Crippen LogP contribution in [0.1, 0.15) is 35.5 Å². The van der Waals surface area contributed by atoms with Crippen molar-refractivity contribution in [1.82, 2.24) is 9.88 Å². The Morgan fingerprint density at radius 1 is 1.27 bits per heavy atom. The highest BCUT2D eigenvalue weighted by Crippen LogP contribution is 2.32. The number of thiazole rings is 1. The van der Waals surface area contributed by atoms with E-state index in [0.717, 1.165) is 32.6 Å². The highest BCUT2D eigenvalue weighted by molar-refractivity contribution is 7.09. The summed E-state index contributed by atoms with van der Waals surface area (Å²) in [5.41, 5.74) is 8.66. The average molecular weight is 315 g/mol. The molecule has 2 atom stereocenters. The fraction of sp³-hybridized carbons (Fsp3) is 0.500. The maximum Gasteiger partial charge on any atom is 0.0928 e. The second-order valence-corrected chi connectivity index (χ2v) is 7.13. The Kier molecular flexibility index (Phi) is 5.24. The van der Waals surface area contributed by atoms with Crippen LogP contribution in [-0.2, 0) is 13.0 Å². The Bertz CT molecular complexity index is 581. The molecule has 4 heteroatoms. The normalized spacial score (nSPS) is 22.3. The minimum absolute atomic E-state index is 0.552. The van der Waals surface area contributed by atoms with Crippen LogP contribution in [0.3, 0.4) is 0 Å². The molecule has 118 valence electrons. The monoisotopic (exact) mass is 315 g/mol. The summed E-state index contributed by atoms with van der Waals surface area (Å²) in [7, 11) is 0. The minimum atomic E-state index is 0.552. The summed E-state index contributed by atoms with van der Waals surface area (Å²) < 4.78 is 0. The Morgan fingerprint density at radius 2 is 2.09 bits per heavy atom. The molecule has 1 fully saturated rings. The van der Waals surface area contributed by atoms with Crippen molar-refractivity contribution < 1.29 is 0 Å². The third-order valence-corrected chi connectivity index (χ3v) is 5.45. The van der Waals surface area contributed by atoms with E-state index in [-0.39, 0.29) is 0 Å². The van der Waals surface area contributed by atoms with Gasteiger partial charge in [0.2, 0.25) is 0 Å². The van der Waals surface area contributed by atoms with Crippen LogP contribution in [0.4, 0.5) is 0 Å². The van der Waals surface area contributed by atoms with Crippen LogP contribution in [0.15, 0.2) is 35.7 Å². The molecule has 2 heterocycles. The van der Waals surface area contributed by atoms with E-state index in [2.05, 4.69) is 47.5 Å². The van der Waals surface area contributed by atoms with Gasteiger partial charge in [-0.25, -0.2) is 4.98 Å². The van der Waals surface area contributed by atoms with Gasteiger partial charge in [0, 0.05) is 30.9 Å². The molecule has 22 heavy (non-hydrogen) atoms. The van der Waals surface area contributed by atoms with Gasteiger partial charge in [-0.05, 0) is 30.9 Å². The van der Waals surface area contributed by atoms with Crippen LogP contribution < -0.4 is 5.73 Å². The standard InChI is InChI=1S/C18H25N3S/c1-2-6-18-20-16(13-22-18)11-21-10-15(9-19)17(12-21)14-7-4-3-5-8-14/h3-5,7-8,13,15,17H,2,6,9-12,19H2,1H3/t15-,17+/m1/s1. The number of nitrogens with zero attached hydrogens (tertiary/aromatic N) is 2. The summed E-state index contributed by atoms with van der Waals surface area (Å²) in [5.74, 6) is 1.11. The molecule has 1 aromatic carbocycles. The summed E-state index contributed by atoms with van der Waals surface area (Å²) in [5, 5.41) is 3.49. The third-order valence-electron chi connectivity index (χ3n) is 4.50. The number of benzene rings is 1. The number of hydrogen-bond acceptors (Lipinski definition) is 4. The second-order valence-electron chi connectivity index (χ2n) is 6.19. The molecule has 3 nitrogen and oxygen atoms in total. The third kappa shape index (κ3) is 3.57. The minimum Gasteiger partial charge on any atom is -0.330 e. The molecule has 1 aliphatic rings. The van der Waals surface area contributed by atoms with Gasteiger partial charge in [-0.1, -0.05) is 37.3 Å². The summed E-state index contributed by atoms with van der Waals surface area (Å²) in [4.78, 5) is 7.27. The van der Waals surface area contributed by atoms with E-state index in [0.29, 0.717) is 11.8 Å². The van der Waals surface area contributed by atoms with Crippen molar-refractivity contribution in [2.45, 2.75) is 32.2 Å². The summed E-state index contributed by atoms with van der Waals surface area (Å²) in [6.07, 6.45) is 2.27. The molecule has 0 amide bonds. The summed E-state index contributed by atoms with van der Waals surface area (Å²) >= 11 is 1.80. The fourth-order valence-corrected chi connectivity index (χ4v) is 4.28. The van der Waals surface area contributed by atoms with Gasteiger partial charge in [-0.15, -0.1) is 11.3 Å². The molecular weight excluding hydrogens is 290 g/mol. The second kappa shape index (κ2) is 7.36. The van der Waals surface area contributed by atoms with E-state index in [9.17, 15) is 0 Å². The highest BCUT2D eigenvalue weighted by Gasteiger charge is 2.32. The molecule has 1 aliphatic heterocycles. The maximum atomic E-state index is 6.02. The van der Waals surface area contributed by atoms with E-state index in [1.807, 2.05) is 0 Å². The molecule has 0 spiro atoms. The predicted octanol–water partition coefficient (Wildman–Crippen LogP) is 3.27. The highest BCUT2D eigenvalue weighted by atomic mass is 32.1. The Balaban J connectivity index is 1.66. The van der Waals surface area contributed by atoms with Crippen LogP contribution >= 0.6 is 11.3 Å². The van der Waals surface area contributed by atoms with E-state index in [1.54, 1.807) is 11.3 Å². The predicted molar refractivity (Wildman–Crippen MR) is 93.1 cm³/mol. The maximum absolute atomic E-state index is 6.02. The largest absolute Gasteiger partial charge is 0.330 e. The molecule has 1 saturated heterocycles. The number of aromatic nitrogens is 1. The van der Waals surface area contributed by atoms with Crippen LogP contribution in [-0.4, -0.2) is 29.5 Å². The van der Waals surface area contributed by atoms with Crippen molar-refractivity contribution in [2.24, 2.45) is 11.7 Å². The van der Waals surface area contributed by atoms with Crippen LogP contribution in [0.5, 0.6) is 0 Å². The quantitative estimate of drug-likeness (QED) is 0.889. The molecule has 0 saturated carbocycles. The smallest absolute Gasteiger partial charge is 0.0928 e. The van der Waals surface area contributed by atoms with Crippen molar-refractivity contribution >= 4 is 11.3 Å². The van der Waals surface area contributed by atoms with Crippen LogP contribution in [0.2, 0.25) is 0 Å². The SMILES string of the molecule is CCCc1nc(CN2C[C@@H](CN)[C@H](c3ccccc3)C2)cs1. The molecule has 0 aliphatic carbocycles. The van der Waals surface area contributed by atoms with Gasteiger partial charge in [-0.2, -0.15) is 0 Å². The number of nitrogens with two attached hydrogens (primary N) is 1. The van der Waals surface area contributed by atoms with Crippen molar-refractivity contribution in [3.8, 4) is 0 Å². The zero-order valence-electron chi connectivity index (χ0n) is 13.2. The zero-order chi connectivity index (χ0) is 15.4. The van der Waals surface area contributed by atoms with Crippen molar-refractivity contribution in [1.29, 1.82) is 0 Å². The van der Waals surface area contributed by atoms with Gasteiger partial charge in [0.15, 0.2) is 0 Å². The fourth-order valence-electron chi connectivity index (χ4n) is 3.39. The lowest BCUT2D eigenvalue weighted by Crippen LogP contribution is -2.23. The first kappa shape index (κ1) is 15.7. The van der Waals surface area contributed by atoms with Gasteiger partial charge in [0.1, 0.15) is 0 Å². The van der Waals surface area contributed by atoms with Crippen molar-refractivity contribution in [3.05, 3.63) is 52.0 Å². The first-order valence-corrected chi connectivity index (χ1v) is 9.08. The number of rotatable bonds is 6. The van der Waals surface area contributed by atoms with Gasteiger partial charge >= 0.3 is 0 Å². The van der Waals surface area contributed by atoms with Gasteiger partial charge in [0.05, 0.1) is 10.7 Å². The molecule has 0 unspecified atom stereocenters. The van der Waals surface area contributed by atoms with E-state index < -0.39 is 0 Å². The molecule has 3 rings (SSSR count). The van der Waals surface area contributed by atoms with Gasteiger partial charge < -0.3 is 5.73 Å². The Hall–Kier alpha value is -1.23. The average Bonchev–Trinajstić information content (AvgIpc) is 3.16. The lowest BCUT2D eigenvalue weighted by molar-refractivity contribution is 0.313. The lowest BCUT2D eigenvalue weighted by atomic mass is 9.89. The Labute approximate surface area is 137 Å². The van der Waals surface area contributed by atoms with Crippen LogP contribution in [0.25, 0.3) is 0 Å². The topological polar surface area (TPSA) is 42.2 Å². The van der Waals surface area contributed by atoms with Gasteiger partial charge in [-0.3, -0.25) is 4.90 Å². The van der Waals surface area contributed by atoms with Crippen molar-refractivity contribution in [2.75, 3.05) is 19.6 Å². The van der Waals surface area contributed by atoms with E-state index >= 15 is 0 Å². The summed E-state index contributed by atoms with van der Waals surface area (Å²) in [6, 6.07) is 10.8. The van der Waals surface area contributed by atoms with E-state index in [4.69, 9.17) is 10.7 Å². The van der Waals surface area contributed by atoms with Crippen LogP contribution in [0, 0.1) is 5.92 Å². The first-order valence-electron chi connectivity index (χ1n) is 8.20. The molecule has 2 N–H and O–H groups in total. The molecule has 1 aromatic heterocycles. The zero-order valence-corrected chi connectivity index (χ0v) is 14.1. The lowest BCUT2D eigenvalue weighted by Gasteiger charge is -2.16. The Morgan fingerprint density at radius 3 is 2.82 bits per heavy atom.